The van der Waals surface area contributed by atoms with Gasteiger partial charge in [-0.15, -0.1) is 0 Å². The van der Waals surface area contributed by atoms with Crippen molar-refractivity contribution in [3.63, 3.8) is 0 Å². The summed E-state index contributed by atoms with van der Waals surface area (Å²) >= 11 is 0. The maximum absolute atomic E-state index is 5.01. The average Bonchev–Trinajstić information content (AvgIpc) is 2.67. The van der Waals surface area contributed by atoms with Gasteiger partial charge >= 0.3 is 0 Å². The maximum atomic E-state index is 5.01. The van der Waals surface area contributed by atoms with Crippen molar-refractivity contribution in [3.05, 3.63) is 54.1 Å². The van der Waals surface area contributed by atoms with E-state index in [1.165, 1.54) is 24.8 Å². The Kier molecular flexibility index (Phi) is 4.35. The summed E-state index contributed by atoms with van der Waals surface area (Å²) in [6.07, 6.45) is 6.12. The van der Waals surface area contributed by atoms with E-state index < -0.39 is 0 Å². The molecular weight excluding hydrogens is 308 g/mol. The van der Waals surface area contributed by atoms with Gasteiger partial charge < -0.3 is 16.0 Å². The van der Waals surface area contributed by atoms with Gasteiger partial charge in [-0.05, 0) is 42.7 Å². The van der Waals surface area contributed by atoms with Gasteiger partial charge in [0.15, 0.2) is 0 Å². The number of aliphatic imine (C=N–C) groups is 1. The highest BCUT2D eigenvalue weighted by molar-refractivity contribution is 6.00. The van der Waals surface area contributed by atoms with Gasteiger partial charge in [-0.1, -0.05) is 43.5 Å². The summed E-state index contributed by atoms with van der Waals surface area (Å²) < 4.78 is 0. The van der Waals surface area contributed by atoms with Crippen molar-refractivity contribution in [2.45, 2.75) is 44.2 Å². The standard InChI is InChI=1S/C21H26N4/c1-22-17-9-7-8-16(14-17)15-23-20-21(12-5-2-6-13-21)25-19-11-4-3-10-18(19)24-20/h3-4,7-11,14,22,25H,2,5-6,12-13,15H2,1H3,(H,23,24). The molecule has 2 aliphatic rings. The van der Waals surface area contributed by atoms with E-state index >= 15 is 0 Å². The molecule has 1 saturated carbocycles. The van der Waals surface area contributed by atoms with E-state index in [1.807, 2.05) is 7.05 Å². The molecule has 0 bridgehead atoms. The number of hydrogen-bond acceptors (Lipinski definition) is 4. The van der Waals surface area contributed by atoms with E-state index in [0.717, 1.165) is 42.3 Å². The second kappa shape index (κ2) is 6.79. The minimum absolute atomic E-state index is 0.0345. The molecule has 4 rings (SSSR count). The Hall–Kier alpha value is -2.49. The molecule has 0 atom stereocenters. The smallest absolute Gasteiger partial charge is 0.128 e. The van der Waals surface area contributed by atoms with Crippen LogP contribution in [0.4, 0.5) is 17.1 Å². The van der Waals surface area contributed by atoms with Crippen LogP contribution in [0.25, 0.3) is 0 Å². The quantitative estimate of drug-likeness (QED) is 0.764. The monoisotopic (exact) mass is 334 g/mol. The van der Waals surface area contributed by atoms with Gasteiger partial charge in [0, 0.05) is 19.3 Å². The zero-order chi connectivity index (χ0) is 17.1. The number of fused-ring (bicyclic) bond motifs is 1. The summed E-state index contributed by atoms with van der Waals surface area (Å²) in [5.41, 5.74) is 4.56. The summed E-state index contributed by atoms with van der Waals surface area (Å²) in [6, 6.07) is 16.9. The van der Waals surface area contributed by atoms with Crippen molar-refractivity contribution in [3.8, 4) is 0 Å². The molecule has 25 heavy (non-hydrogen) atoms. The van der Waals surface area contributed by atoms with Crippen LogP contribution in [-0.2, 0) is 6.54 Å². The van der Waals surface area contributed by atoms with Crippen LogP contribution in [0.5, 0.6) is 0 Å². The molecule has 0 aromatic heterocycles. The average molecular weight is 334 g/mol. The summed E-state index contributed by atoms with van der Waals surface area (Å²) in [7, 11) is 1.95. The predicted molar refractivity (Wildman–Crippen MR) is 106 cm³/mol. The largest absolute Gasteiger partial charge is 0.388 e. The first-order chi connectivity index (χ1) is 12.3. The molecule has 1 spiro atoms. The first kappa shape index (κ1) is 16.0. The first-order valence-electron chi connectivity index (χ1n) is 9.26. The van der Waals surface area contributed by atoms with Crippen molar-refractivity contribution < 1.29 is 0 Å². The van der Waals surface area contributed by atoms with Crippen LogP contribution >= 0.6 is 0 Å². The fourth-order valence-electron chi connectivity index (χ4n) is 3.97. The normalized spacial score (nSPS) is 18.0. The third-order valence-corrected chi connectivity index (χ3v) is 5.35. The van der Waals surface area contributed by atoms with Gasteiger partial charge in [0.1, 0.15) is 5.84 Å². The molecule has 2 aromatic rings. The van der Waals surface area contributed by atoms with Crippen LogP contribution in [0.15, 0.2) is 53.5 Å². The third-order valence-electron chi connectivity index (χ3n) is 5.35. The minimum Gasteiger partial charge on any atom is -0.388 e. The van der Waals surface area contributed by atoms with E-state index in [4.69, 9.17) is 4.99 Å². The lowest BCUT2D eigenvalue weighted by atomic mass is 9.79. The number of rotatable bonds is 3. The number of nitrogens with zero attached hydrogens (tertiary/aromatic N) is 1. The zero-order valence-corrected chi connectivity index (χ0v) is 14.8. The van der Waals surface area contributed by atoms with Gasteiger partial charge in [-0.2, -0.15) is 0 Å². The number of para-hydroxylation sites is 2. The molecule has 1 fully saturated rings. The predicted octanol–water partition coefficient (Wildman–Crippen LogP) is 4.68. The lowest BCUT2D eigenvalue weighted by molar-refractivity contribution is 0.396. The Morgan fingerprint density at radius 3 is 2.72 bits per heavy atom. The Bertz CT molecular complexity index is 775. The highest BCUT2D eigenvalue weighted by Gasteiger charge is 2.40. The van der Waals surface area contributed by atoms with Gasteiger partial charge in [-0.3, -0.25) is 0 Å². The van der Waals surface area contributed by atoms with E-state index in [2.05, 4.69) is 64.5 Å². The van der Waals surface area contributed by atoms with Crippen LogP contribution in [0.3, 0.4) is 0 Å². The molecule has 3 N–H and O–H groups in total. The highest BCUT2D eigenvalue weighted by atomic mass is 15.2. The van der Waals surface area contributed by atoms with E-state index in [1.54, 1.807) is 0 Å². The van der Waals surface area contributed by atoms with E-state index in [0.29, 0.717) is 0 Å². The highest BCUT2D eigenvalue weighted by Crippen LogP contribution is 2.40. The SMILES string of the molecule is CNc1cccc(CNC2=Nc3ccccc3NC23CCCCC3)c1. The van der Waals surface area contributed by atoms with Crippen molar-refractivity contribution in [2.75, 3.05) is 17.7 Å². The number of hydrogen-bond donors (Lipinski definition) is 3. The zero-order valence-electron chi connectivity index (χ0n) is 14.8. The molecule has 1 aliphatic carbocycles. The van der Waals surface area contributed by atoms with Crippen LogP contribution in [0.1, 0.15) is 37.7 Å². The third kappa shape index (κ3) is 3.21. The number of amidine groups is 1. The second-order valence-corrected chi connectivity index (χ2v) is 7.05. The van der Waals surface area contributed by atoms with E-state index in [9.17, 15) is 0 Å². The minimum atomic E-state index is -0.0345. The Morgan fingerprint density at radius 1 is 1.04 bits per heavy atom. The van der Waals surface area contributed by atoms with Crippen molar-refractivity contribution >= 4 is 22.9 Å². The van der Waals surface area contributed by atoms with Crippen LogP contribution in [0, 0.1) is 0 Å². The van der Waals surface area contributed by atoms with Gasteiger partial charge in [0.25, 0.3) is 0 Å². The first-order valence-corrected chi connectivity index (χ1v) is 9.26. The summed E-state index contributed by atoms with van der Waals surface area (Å²) in [6.45, 7) is 0.792. The molecule has 4 heteroatoms. The fourth-order valence-corrected chi connectivity index (χ4v) is 3.97. The molecular formula is C21H26N4. The molecule has 130 valence electrons. The molecule has 1 aliphatic heterocycles. The van der Waals surface area contributed by atoms with Crippen LogP contribution in [0.2, 0.25) is 0 Å². The lowest BCUT2D eigenvalue weighted by Crippen LogP contribution is -2.54. The topological polar surface area (TPSA) is 48.5 Å². The number of anilines is 2. The van der Waals surface area contributed by atoms with Crippen molar-refractivity contribution in [1.82, 2.24) is 5.32 Å². The molecule has 4 nitrogen and oxygen atoms in total. The van der Waals surface area contributed by atoms with Gasteiger partial charge in [-0.25, -0.2) is 4.99 Å². The summed E-state index contributed by atoms with van der Waals surface area (Å²) in [5, 5.41) is 10.7. The maximum Gasteiger partial charge on any atom is 0.128 e. The summed E-state index contributed by atoms with van der Waals surface area (Å²) in [4.78, 5) is 5.01. The molecule has 0 amide bonds. The van der Waals surface area contributed by atoms with Crippen molar-refractivity contribution in [1.29, 1.82) is 0 Å². The summed E-state index contributed by atoms with van der Waals surface area (Å²) in [5.74, 6) is 1.10. The molecule has 0 unspecified atom stereocenters. The van der Waals surface area contributed by atoms with Crippen LogP contribution in [-0.4, -0.2) is 18.4 Å². The second-order valence-electron chi connectivity index (χ2n) is 7.05. The molecule has 0 radical (unpaired) electrons. The fraction of sp³-hybridized carbons (Fsp3) is 0.381. The lowest BCUT2D eigenvalue weighted by Gasteiger charge is -2.42. The van der Waals surface area contributed by atoms with Crippen LogP contribution < -0.4 is 16.0 Å². The number of nitrogens with one attached hydrogen (secondary N) is 3. The Balaban J connectivity index is 1.61. The van der Waals surface area contributed by atoms with Gasteiger partial charge in [0.2, 0.25) is 0 Å². The molecule has 1 heterocycles. The Morgan fingerprint density at radius 2 is 1.88 bits per heavy atom. The molecule has 2 aromatic carbocycles. The van der Waals surface area contributed by atoms with E-state index in [-0.39, 0.29) is 5.54 Å². The van der Waals surface area contributed by atoms with Gasteiger partial charge in [0.05, 0.1) is 16.9 Å². The molecule has 0 saturated heterocycles. The Labute approximate surface area is 149 Å². The van der Waals surface area contributed by atoms with Crippen molar-refractivity contribution in [2.24, 2.45) is 4.99 Å². The number of benzene rings is 2.